The molecule has 1 saturated heterocycles. The fourth-order valence-electron chi connectivity index (χ4n) is 3.39. The van der Waals surface area contributed by atoms with Crippen molar-refractivity contribution in [3.63, 3.8) is 0 Å². The van der Waals surface area contributed by atoms with Crippen LogP contribution in [0.5, 0.6) is 0 Å². The van der Waals surface area contributed by atoms with Gasteiger partial charge in [-0.05, 0) is 36.0 Å². The number of halogens is 2. The van der Waals surface area contributed by atoms with Gasteiger partial charge in [0, 0.05) is 32.7 Å². The highest BCUT2D eigenvalue weighted by Gasteiger charge is 2.28. The van der Waals surface area contributed by atoms with Crippen LogP contribution in [0.4, 0.5) is 8.78 Å². The van der Waals surface area contributed by atoms with E-state index in [0.717, 1.165) is 6.07 Å². The third-order valence-corrected chi connectivity index (χ3v) is 6.47. The van der Waals surface area contributed by atoms with Crippen LogP contribution in [0.2, 0.25) is 0 Å². The highest BCUT2D eigenvalue weighted by molar-refractivity contribution is 7.91. The van der Waals surface area contributed by atoms with Gasteiger partial charge in [0.1, 0.15) is 11.6 Å². The molecule has 2 aliphatic rings. The third-order valence-electron chi connectivity index (χ3n) is 4.63. The van der Waals surface area contributed by atoms with Gasteiger partial charge in [0.2, 0.25) is 0 Å². The summed E-state index contributed by atoms with van der Waals surface area (Å²) in [5.41, 5.74) is 1.19. The van der Waals surface area contributed by atoms with E-state index >= 15 is 0 Å². The Labute approximate surface area is 140 Å². The quantitative estimate of drug-likeness (QED) is 0.641. The molecule has 0 aromatic heterocycles. The number of nitrogens with one attached hydrogen (secondary N) is 1. The molecule has 8 heteroatoms. The molecule has 2 heterocycles. The van der Waals surface area contributed by atoms with Crippen LogP contribution in [0.3, 0.4) is 0 Å². The summed E-state index contributed by atoms with van der Waals surface area (Å²) in [5.74, 6) is 0.0911. The van der Waals surface area contributed by atoms with Crippen molar-refractivity contribution in [2.45, 2.75) is 19.4 Å². The van der Waals surface area contributed by atoms with E-state index in [4.69, 9.17) is 0 Å². The maximum absolute atomic E-state index is 13.8. The highest BCUT2D eigenvalue weighted by Crippen LogP contribution is 2.23. The van der Waals surface area contributed by atoms with Crippen LogP contribution in [-0.4, -0.2) is 50.9 Å². The lowest BCUT2D eigenvalue weighted by molar-refractivity contribution is 0.366. The lowest BCUT2D eigenvalue weighted by Crippen LogP contribution is -2.45. The number of nitrogens with zero attached hydrogens (tertiary/aromatic N) is 2. The van der Waals surface area contributed by atoms with E-state index < -0.39 is 21.5 Å². The van der Waals surface area contributed by atoms with E-state index in [1.807, 2.05) is 4.90 Å². The standard InChI is InChI=1S/C16H21F2N3O2S/c1-19-16(20-8-11-3-5-24(22,23)10-11)21-4-2-14-12(9-21)6-13(17)7-15(14)18/h6-7,11H,2-5,8-10H2,1H3,(H,19,20). The Bertz CT molecular complexity index is 765. The van der Waals surface area contributed by atoms with Crippen molar-refractivity contribution >= 4 is 15.8 Å². The van der Waals surface area contributed by atoms with Crippen LogP contribution in [-0.2, 0) is 22.8 Å². The molecule has 24 heavy (non-hydrogen) atoms. The van der Waals surface area contributed by atoms with Crippen molar-refractivity contribution in [3.8, 4) is 0 Å². The van der Waals surface area contributed by atoms with Gasteiger partial charge in [-0.2, -0.15) is 0 Å². The molecule has 1 aromatic carbocycles. The Morgan fingerprint density at radius 1 is 1.42 bits per heavy atom. The Hall–Kier alpha value is -1.70. The van der Waals surface area contributed by atoms with Gasteiger partial charge >= 0.3 is 0 Å². The molecule has 1 atom stereocenters. The zero-order valence-corrected chi connectivity index (χ0v) is 14.4. The molecule has 2 aliphatic heterocycles. The van der Waals surface area contributed by atoms with Gasteiger partial charge in [0.15, 0.2) is 15.8 Å². The number of guanidine groups is 1. The Balaban J connectivity index is 1.65. The molecule has 0 saturated carbocycles. The number of benzene rings is 1. The van der Waals surface area contributed by atoms with Gasteiger partial charge < -0.3 is 10.2 Å². The van der Waals surface area contributed by atoms with Crippen molar-refractivity contribution in [2.24, 2.45) is 10.9 Å². The zero-order valence-electron chi connectivity index (χ0n) is 13.6. The molecule has 5 nitrogen and oxygen atoms in total. The number of hydrogen-bond acceptors (Lipinski definition) is 3. The molecule has 132 valence electrons. The Morgan fingerprint density at radius 2 is 2.21 bits per heavy atom. The summed E-state index contributed by atoms with van der Waals surface area (Å²) in [7, 11) is -1.25. The number of hydrogen-bond donors (Lipinski definition) is 1. The van der Waals surface area contributed by atoms with Crippen molar-refractivity contribution < 1.29 is 17.2 Å². The minimum Gasteiger partial charge on any atom is -0.356 e. The smallest absolute Gasteiger partial charge is 0.193 e. The molecular formula is C16H21F2N3O2S. The zero-order chi connectivity index (χ0) is 17.3. The summed E-state index contributed by atoms with van der Waals surface area (Å²) in [6, 6.07) is 2.28. The van der Waals surface area contributed by atoms with Crippen molar-refractivity contribution in [2.75, 3.05) is 31.6 Å². The SMILES string of the molecule is CN=C(NCC1CCS(=O)(=O)C1)N1CCc2c(F)cc(F)cc2C1. The van der Waals surface area contributed by atoms with Gasteiger partial charge in [0.05, 0.1) is 11.5 Å². The van der Waals surface area contributed by atoms with Gasteiger partial charge in [-0.15, -0.1) is 0 Å². The van der Waals surface area contributed by atoms with E-state index in [0.29, 0.717) is 49.6 Å². The van der Waals surface area contributed by atoms with Crippen LogP contribution < -0.4 is 5.32 Å². The summed E-state index contributed by atoms with van der Waals surface area (Å²) >= 11 is 0. The molecule has 1 unspecified atom stereocenters. The molecule has 1 N–H and O–H groups in total. The Kier molecular flexibility index (Phi) is 4.76. The van der Waals surface area contributed by atoms with Gasteiger partial charge in [-0.3, -0.25) is 4.99 Å². The van der Waals surface area contributed by atoms with Gasteiger partial charge in [0.25, 0.3) is 0 Å². The molecule has 0 bridgehead atoms. The van der Waals surface area contributed by atoms with Crippen molar-refractivity contribution in [1.82, 2.24) is 10.2 Å². The highest BCUT2D eigenvalue weighted by atomic mass is 32.2. The molecule has 0 spiro atoms. The largest absolute Gasteiger partial charge is 0.356 e. The molecule has 3 rings (SSSR count). The van der Waals surface area contributed by atoms with E-state index in [9.17, 15) is 17.2 Å². The second-order valence-electron chi connectivity index (χ2n) is 6.39. The predicted octanol–water partition coefficient (Wildman–Crippen LogP) is 1.33. The first kappa shape index (κ1) is 17.1. The monoisotopic (exact) mass is 357 g/mol. The van der Waals surface area contributed by atoms with Crippen LogP contribution in [0, 0.1) is 17.6 Å². The predicted molar refractivity (Wildman–Crippen MR) is 88.6 cm³/mol. The molecule has 1 fully saturated rings. The van der Waals surface area contributed by atoms with E-state index in [-0.39, 0.29) is 17.4 Å². The topological polar surface area (TPSA) is 61.8 Å². The van der Waals surface area contributed by atoms with Crippen molar-refractivity contribution in [1.29, 1.82) is 0 Å². The van der Waals surface area contributed by atoms with Crippen LogP contribution >= 0.6 is 0 Å². The first-order valence-corrected chi connectivity index (χ1v) is 9.83. The minimum absolute atomic E-state index is 0.0821. The number of aliphatic imine (C=N–C) groups is 1. The van der Waals surface area contributed by atoms with E-state index in [1.165, 1.54) is 6.07 Å². The average Bonchev–Trinajstić information content (AvgIpc) is 2.86. The van der Waals surface area contributed by atoms with Crippen LogP contribution in [0.15, 0.2) is 17.1 Å². The number of sulfone groups is 1. The molecule has 0 aliphatic carbocycles. The molecular weight excluding hydrogens is 336 g/mol. The normalized spacial score (nSPS) is 23.2. The number of fused-ring (bicyclic) bond motifs is 1. The minimum atomic E-state index is -2.90. The molecule has 0 amide bonds. The maximum Gasteiger partial charge on any atom is 0.193 e. The fourth-order valence-corrected chi connectivity index (χ4v) is 5.25. The fraction of sp³-hybridized carbons (Fsp3) is 0.562. The summed E-state index contributed by atoms with van der Waals surface area (Å²) in [6.45, 7) is 1.50. The van der Waals surface area contributed by atoms with Crippen molar-refractivity contribution in [3.05, 3.63) is 34.9 Å². The first-order valence-electron chi connectivity index (χ1n) is 8.01. The van der Waals surface area contributed by atoms with Gasteiger partial charge in [-0.25, -0.2) is 17.2 Å². The molecule has 0 radical (unpaired) electrons. The third kappa shape index (κ3) is 3.68. The van der Waals surface area contributed by atoms with E-state index in [2.05, 4.69) is 10.3 Å². The van der Waals surface area contributed by atoms with Crippen LogP contribution in [0.25, 0.3) is 0 Å². The lowest BCUT2D eigenvalue weighted by atomic mass is 9.99. The molecule has 1 aromatic rings. The summed E-state index contributed by atoms with van der Waals surface area (Å²) in [5, 5.41) is 3.20. The van der Waals surface area contributed by atoms with E-state index in [1.54, 1.807) is 7.05 Å². The Morgan fingerprint density at radius 3 is 2.88 bits per heavy atom. The first-order chi connectivity index (χ1) is 11.4. The average molecular weight is 357 g/mol. The summed E-state index contributed by atoms with van der Waals surface area (Å²) < 4.78 is 50.3. The summed E-state index contributed by atoms with van der Waals surface area (Å²) in [6.07, 6.45) is 1.14. The van der Waals surface area contributed by atoms with Gasteiger partial charge in [-0.1, -0.05) is 0 Å². The second kappa shape index (κ2) is 6.66. The lowest BCUT2D eigenvalue weighted by Gasteiger charge is -2.32. The second-order valence-corrected chi connectivity index (χ2v) is 8.62. The van der Waals surface area contributed by atoms with Crippen LogP contribution in [0.1, 0.15) is 17.5 Å². The summed E-state index contributed by atoms with van der Waals surface area (Å²) in [4.78, 5) is 6.16. The maximum atomic E-state index is 13.8. The number of rotatable bonds is 2.